The highest BCUT2D eigenvalue weighted by atomic mass is 35.5. The number of thiophene rings is 1. The first kappa shape index (κ1) is 11.8. The van der Waals surface area contributed by atoms with Crippen LogP contribution in [0.25, 0.3) is 0 Å². The van der Waals surface area contributed by atoms with Crippen molar-refractivity contribution in [1.82, 2.24) is 0 Å². The standard InChI is InChI=1S/C8H14Cl2SSi2/c1-12(2)7-5(9)6(10)8(11-7)13(3)4/h12-13H,1-4H3. The summed E-state index contributed by atoms with van der Waals surface area (Å²) in [4.78, 5) is 0. The molecule has 1 rings (SSSR count). The molecule has 0 radical (unpaired) electrons. The van der Waals surface area contributed by atoms with Crippen LogP contribution in [0.5, 0.6) is 0 Å². The number of hydrogen-bond acceptors (Lipinski definition) is 1. The Balaban J connectivity index is 3.20. The zero-order valence-corrected chi connectivity index (χ0v) is 13.0. The summed E-state index contributed by atoms with van der Waals surface area (Å²) in [5.41, 5.74) is 0. The van der Waals surface area contributed by atoms with Gasteiger partial charge in [0.15, 0.2) is 0 Å². The fraction of sp³-hybridized carbons (Fsp3) is 0.500. The van der Waals surface area contributed by atoms with Crippen LogP contribution in [0, 0.1) is 0 Å². The third-order valence-electron chi connectivity index (χ3n) is 1.89. The Kier molecular flexibility index (Phi) is 4.07. The second-order valence-electron chi connectivity index (χ2n) is 3.77. The molecule has 0 bridgehead atoms. The molecular formula is C8H14Cl2SSi2. The minimum atomic E-state index is -0.792. The summed E-state index contributed by atoms with van der Waals surface area (Å²) in [6.07, 6.45) is 0. The summed E-state index contributed by atoms with van der Waals surface area (Å²) < 4.78 is 2.76. The van der Waals surface area contributed by atoms with Gasteiger partial charge in [0, 0.05) is 9.00 Å². The van der Waals surface area contributed by atoms with E-state index >= 15 is 0 Å². The van der Waals surface area contributed by atoms with Crippen LogP contribution in [-0.4, -0.2) is 17.6 Å². The average molecular weight is 269 g/mol. The monoisotopic (exact) mass is 268 g/mol. The van der Waals surface area contributed by atoms with E-state index in [2.05, 4.69) is 26.2 Å². The lowest BCUT2D eigenvalue weighted by Gasteiger charge is -1.98. The molecule has 0 nitrogen and oxygen atoms in total. The Hall–Kier alpha value is 0.714. The lowest BCUT2D eigenvalue weighted by molar-refractivity contribution is 1.95. The van der Waals surface area contributed by atoms with Gasteiger partial charge in [0.1, 0.15) is 0 Å². The van der Waals surface area contributed by atoms with Gasteiger partial charge in [-0.15, -0.1) is 0 Å². The van der Waals surface area contributed by atoms with Gasteiger partial charge in [0.2, 0.25) is 0 Å². The Morgan fingerprint density at radius 2 is 1.15 bits per heavy atom. The molecule has 0 aliphatic heterocycles. The van der Waals surface area contributed by atoms with Gasteiger partial charge in [-0.2, -0.15) is 11.3 Å². The van der Waals surface area contributed by atoms with E-state index in [9.17, 15) is 0 Å². The maximum Gasteiger partial charge on any atom is 0.0796 e. The fourth-order valence-electron chi connectivity index (χ4n) is 1.17. The maximum atomic E-state index is 6.19. The van der Waals surface area contributed by atoms with Crippen molar-refractivity contribution in [3.05, 3.63) is 10.0 Å². The molecule has 13 heavy (non-hydrogen) atoms. The van der Waals surface area contributed by atoms with Gasteiger partial charge in [0.05, 0.1) is 27.6 Å². The van der Waals surface area contributed by atoms with Crippen LogP contribution in [0.2, 0.25) is 36.2 Å². The van der Waals surface area contributed by atoms with Crippen molar-refractivity contribution in [2.24, 2.45) is 0 Å². The minimum absolute atomic E-state index is 0.792. The molecule has 0 amide bonds. The van der Waals surface area contributed by atoms with Crippen LogP contribution >= 0.6 is 34.5 Å². The van der Waals surface area contributed by atoms with Crippen molar-refractivity contribution in [3.63, 3.8) is 0 Å². The van der Waals surface area contributed by atoms with Crippen LogP contribution in [0.15, 0.2) is 0 Å². The largest absolute Gasteiger partial charge is 0.152 e. The highest BCUT2D eigenvalue weighted by molar-refractivity contribution is 7.33. The molecule has 1 aromatic rings. The van der Waals surface area contributed by atoms with Crippen LogP contribution in [0.3, 0.4) is 0 Å². The lowest BCUT2D eigenvalue weighted by atomic mass is 10.6. The van der Waals surface area contributed by atoms with Gasteiger partial charge in [-0.05, 0) is 0 Å². The van der Waals surface area contributed by atoms with Crippen molar-refractivity contribution >= 4 is 61.1 Å². The first-order chi connectivity index (χ1) is 5.95. The summed E-state index contributed by atoms with van der Waals surface area (Å²) in [5, 5.41) is 1.70. The molecule has 0 saturated heterocycles. The summed E-state index contributed by atoms with van der Waals surface area (Å²) in [6.45, 7) is 9.17. The zero-order chi connectivity index (χ0) is 10.2. The highest BCUT2D eigenvalue weighted by Crippen LogP contribution is 2.23. The Labute approximate surface area is 97.1 Å². The average Bonchev–Trinajstić information content (AvgIpc) is 2.29. The molecule has 0 aliphatic rings. The lowest BCUT2D eigenvalue weighted by Crippen LogP contribution is -2.22. The highest BCUT2D eigenvalue weighted by Gasteiger charge is 2.19. The maximum absolute atomic E-state index is 6.19. The molecule has 0 aliphatic carbocycles. The van der Waals surface area contributed by atoms with Crippen LogP contribution in [0.4, 0.5) is 0 Å². The van der Waals surface area contributed by atoms with Gasteiger partial charge < -0.3 is 0 Å². The molecule has 0 aromatic carbocycles. The smallest absolute Gasteiger partial charge is 0.0796 e. The topological polar surface area (TPSA) is 0 Å². The van der Waals surface area contributed by atoms with E-state index in [-0.39, 0.29) is 0 Å². The summed E-state index contributed by atoms with van der Waals surface area (Å²) in [5.74, 6) is 0. The van der Waals surface area contributed by atoms with E-state index in [1.165, 1.54) is 9.00 Å². The van der Waals surface area contributed by atoms with E-state index in [1.54, 1.807) is 0 Å². The number of rotatable bonds is 2. The van der Waals surface area contributed by atoms with Crippen LogP contribution in [0.1, 0.15) is 0 Å². The third kappa shape index (κ3) is 2.39. The minimum Gasteiger partial charge on any atom is -0.152 e. The van der Waals surface area contributed by atoms with Crippen molar-refractivity contribution in [2.45, 2.75) is 26.2 Å². The van der Waals surface area contributed by atoms with Gasteiger partial charge in [-0.3, -0.25) is 0 Å². The van der Waals surface area contributed by atoms with Crippen LogP contribution in [-0.2, 0) is 0 Å². The molecular weight excluding hydrogens is 255 g/mol. The molecule has 74 valence electrons. The third-order valence-corrected chi connectivity index (χ3v) is 10.4. The van der Waals surface area contributed by atoms with E-state index in [0.717, 1.165) is 10.0 Å². The molecule has 0 N–H and O–H groups in total. The summed E-state index contributed by atoms with van der Waals surface area (Å²) in [6, 6.07) is 0. The second-order valence-corrected chi connectivity index (χ2v) is 12.2. The SMILES string of the molecule is C[SiH](C)c1sc([SiH](C)C)c(Cl)c1Cl. The van der Waals surface area contributed by atoms with Crippen molar-refractivity contribution in [2.75, 3.05) is 0 Å². The Bertz CT molecular complexity index is 279. The van der Waals surface area contributed by atoms with Gasteiger partial charge >= 0.3 is 0 Å². The molecule has 0 fully saturated rings. The zero-order valence-electron chi connectivity index (χ0n) is 8.32. The fourth-order valence-corrected chi connectivity index (χ4v) is 8.18. The second kappa shape index (κ2) is 4.49. The summed E-state index contributed by atoms with van der Waals surface area (Å²) >= 11 is 14.2. The van der Waals surface area contributed by atoms with E-state index < -0.39 is 17.6 Å². The summed E-state index contributed by atoms with van der Waals surface area (Å²) in [7, 11) is -1.58. The number of hydrogen-bond donors (Lipinski definition) is 0. The van der Waals surface area contributed by atoms with Gasteiger partial charge in [-0.1, -0.05) is 49.4 Å². The molecule has 0 spiro atoms. The van der Waals surface area contributed by atoms with E-state index in [1.807, 2.05) is 11.3 Å². The van der Waals surface area contributed by atoms with Crippen molar-refractivity contribution < 1.29 is 0 Å². The van der Waals surface area contributed by atoms with E-state index in [4.69, 9.17) is 23.2 Å². The van der Waals surface area contributed by atoms with Gasteiger partial charge in [0.25, 0.3) is 0 Å². The van der Waals surface area contributed by atoms with Crippen LogP contribution < -0.4 is 9.00 Å². The predicted octanol–water partition coefficient (Wildman–Crippen LogP) is 2.44. The molecule has 1 heterocycles. The first-order valence-corrected chi connectivity index (χ1v) is 11.8. The first-order valence-electron chi connectivity index (χ1n) is 4.42. The Morgan fingerprint density at radius 3 is 1.31 bits per heavy atom. The molecule has 0 unspecified atom stereocenters. The quantitative estimate of drug-likeness (QED) is 0.723. The Morgan fingerprint density at radius 1 is 0.846 bits per heavy atom. The predicted molar refractivity (Wildman–Crippen MR) is 71.4 cm³/mol. The van der Waals surface area contributed by atoms with Crippen molar-refractivity contribution in [3.8, 4) is 0 Å². The molecule has 0 atom stereocenters. The molecule has 5 heteroatoms. The molecule has 0 saturated carbocycles. The normalized spacial score (nSPS) is 11.7. The number of halogens is 2. The van der Waals surface area contributed by atoms with Crippen molar-refractivity contribution in [1.29, 1.82) is 0 Å². The van der Waals surface area contributed by atoms with E-state index in [0.29, 0.717) is 0 Å². The van der Waals surface area contributed by atoms with Gasteiger partial charge in [-0.25, -0.2) is 0 Å². The molecule has 1 aromatic heterocycles.